The monoisotopic (exact) mass is 390 g/mol. The molecule has 2 aliphatic rings. The summed E-state index contributed by atoms with van der Waals surface area (Å²) in [5.74, 6) is 0.0837. The molecule has 7 heteroatoms. The quantitative estimate of drug-likeness (QED) is 0.781. The van der Waals surface area contributed by atoms with Crippen LogP contribution in [-0.2, 0) is 14.3 Å². The van der Waals surface area contributed by atoms with Crippen LogP contribution in [0.4, 0.5) is 0 Å². The van der Waals surface area contributed by atoms with E-state index in [1.54, 1.807) is 20.8 Å². The number of carbonyl (C=O) groups excluding carboxylic acids is 3. The summed E-state index contributed by atoms with van der Waals surface area (Å²) in [7, 11) is 0. The maximum atomic E-state index is 12.5. The molecule has 2 unspecified atom stereocenters. The van der Waals surface area contributed by atoms with Crippen molar-refractivity contribution in [2.45, 2.75) is 52.9 Å². The Labute approximate surface area is 165 Å². The Bertz CT molecular complexity index is 754. The highest BCUT2D eigenvalue weighted by Gasteiger charge is 2.33. The van der Waals surface area contributed by atoms with Crippen molar-refractivity contribution in [2.24, 2.45) is 11.8 Å². The summed E-state index contributed by atoms with van der Waals surface area (Å²) in [6, 6.07) is 0. The zero-order valence-electron chi connectivity index (χ0n) is 17.0. The van der Waals surface area contributed by atoms with Gasteiger partial charge in [-0.3, -0.25) is 4.79 Å². The standard InChI is InChI=1S/C21H30N2O5/c1-4-27-21(26)19-13(2)18(14(3)22-19)20(25)28-12-17(24)23-10-9-15-7-5-6-8-16(15)11-23/h15-16,22H,4-12H2,1-3H3. The molecule has 1 aliphatic carbocycles. The molecule has 154 valence electrons. The van der Waals surface area contributed by atoms with Crippen LogP contribution in [0.15, 0.2) is 0 Å². The molecule has 0 aromatic carbocycles. The van der Waals surface area contributed by atoms with Crippen LogP contribution in [0.1, 0.15) is 71.1 Å². The molecular weight excluding hydrogens is 360 g/mol. The fourth-order valence-corrected chi connectivity index (χ4v) is 4.58. The van der Waals surface area contributed by atoms with Crippen LogP contribution in [0.25, 0.3) is 0 Å². The summed E-state index contributed by atoms with van der Waals surface area (Å²) in [6.45, 7) is 6.59. The second-order valence-corrected chi connectivity index (χ2v) is 7.85. The van der Waals surface area contributed by atoms with Gasteiger partial charge in [-0.2, -0.15) is 0 Å². The average Bonchev–Trinajstić information content (AvgIpc) is 3.00. The molecule has 2 heterocycles. The molecule has 1 N–H and O–H groups in total. The van der Waals surface area contributed by atoms with Crippen LogP contribution in [0.5, 0.6) is 0 Å². The zero-order valence-corrected chi connectivity index (χ0v) is 17.0. The van der Waals surface area contributed by atoms with Gasteiger partial charge in [0, 0.05) is 18.8 Å². The number of aryl methyl sites for hydroxylation is 1. The largest absolute Gasteiger partial charge is 0.461 e. The van der Waals surface area contributed by atoms with Crippen molar-refractivity contribution < 1.29 is 23.9 Å². The van der Waals surface area contributed by atoms with Gasteiger partial charge in [-0.05, 0) is 51.0 Å². The van der Waals surface area contributed by atoms with Gasteiger partial charge in [0.2, 0.25) is 0 Å². The maximum Gasteiger partial charge on any atom is 0.355 e. The zero-order chi connectivity index (χ0) is 20.3. The number of aromatic amines is 1. The van der Waals surface area contributed by atoms with Crippen LogP contribution in [0, 0.1) is 25.7 Å². The van der Waals surface area contributed by atoms with Crippen molar-refractivity contribution in [1.29, 1.82) is 0 Å². The molecule has 1 amide bonds. The van der Waals surface area contributed by atoms with Gasteiger partial charge in [0.25, 0.3) is 5.91 Å². The van der Waals surface area contributed by atoms with E-state index < -0.39 is 11.9 Å². The number of amides is 1. The minimum Gasteiger partial charge on any atom is -0.461 e. The fourth-order valence-electron chi connectivity index (χ4n) is 4.58. The summed E-state index contributed by atoms with van der Waals surface area (Å²) >= 11 is 0. The third-order valence-corrected chi connectivity index (χ3v) is 6.09. The minimum atomic E-state index is -0.595. The molecule has 3 rings (SSSR count). The van der Waals surface area contributed by atoms with Crippen molar-refractivity contribution in [1.82, 2.24) is 9.88 Å². The van der Waals surface area contributed by atoms with Gasteiger partial charge < -0.3 is 19.4 Å². The second-order valence-electron chi connectivity index (χ2n) is 7.85. The number of rotatable bonds is 5. The number of hydrogen-bond acceptors (Lipinski definition) is 5. The lowest BCUT2D eigenvalue weighted by molar-refractivity contribution is -0.137. The number of piperidine rings is 1. The molecule has 1 aliphatic heterocycles. The normalized spacial score (nSPS) is 21.8. The smallest absolute Gasteiger partial charge is 0.355 e. The lowest BCUT2D eigenvalue weighted by Crippen LogP contribution is -2.46. The number of nitrogens with zero attached hydrogens (tertiary/aromatic N) is 1. The molecule has 2 atom stereocenters. The van der Waals surface area contributed by atoms with Gasteiger partial charge in [0.15, 0.2) is 6.61 Å². The number of hydrogen-bond donors (Lipinski definition) is 1. The van der Waals surface area contributed by atoms with E-state index in [2.05, 4.69) is 4.98 Å². The summed E-state index contributed by atoms with van der Waals surface area (Å²) in [5.41, 5.74) is 1.55. The van der Waals surface area contributed by atoms with Gasteiger partial charge in [0.1, 0.15) is 5.69 Å². The molecule has 0 bridgehead atoms. The van der Waals surface area contributed by atoms with Gasteiger partial charge in [-0.1, -0.05) is 19.3 Å². The first-order chi connectivity index (χ1) is 13.4. The third-order valence-electron chi connectivity index (χ3n) is 6.09. The Morgan fingerprint density at radius 2 is 1.75 bits per heavy atom. The topological polar surface area (TPSA) is 88.7 Å². The van der Waals surface area contributed by atoms with Crippen molar-refractivity contribution in [2.75, 3.05) is 26.3 Å². The van der Waals surface area contributed by atoms with E-state index in [4.69, 9.17) is 9.47 Å². The van der Waals surface area contributed by atoms with Crippen molar-refractivity contribution in [3.8, 4) is 0 Å². The van der Waals surface area contributed by atoms with Crippen molar-refractivity contribution in [3.63, 3.8) is 0 Å². The molecule has 1 aromatic heterocycles. The number of H-pyrrole nitrogens is 1. The van der Waals surface area contributed by atoms with E-state index in [1.165, 1.54) is 25.7 Å². The molecule has 0 spiro atoms. The van der Waals surface area contributed by atoms with Crippen molar-refractivity contribution >= 4 is 17.8 Å². The Kier molecular flexibility index (Phi) is 6.42. The summed E-state index contributed by atoms with van der Waals surface area (Å²) in [6.07, 6.45) is 6.05. The highest BCUT2D eigenvalue weighted by molar-refractivity contribution is 5.99. The molecule has 7 nitrogen and oxygen atoms in total. The average molecular weight is 390 g/mol. The minimum absolute atomic E-state index is 0.145. The third kappa shape index (κ3) is 4.23. The summed E-state index contributed by atoms with van der Waals surface area (Å²) in [5, 5.41) is 0. The summed E-state index contributed by atoms with van der Waals surface area (Å²) in [4.78, 5) is 41.8. The predicted molar refractivity (Wildman–Crippen MR) is 103 cm³/mol. The molecule has 0 radical (unpaired) electrons. The first kappa shape index (κ1) is 20.4. The van der Waals surface area contributed by atoms with Gasteiger partial charge in [-0.15, -0.1) is 0 Å². The van der Waals surface area contributed by atoms with E-state index in [0.717, 1.165) is 25.4 Å². The van der Waals surface area contributed by atoms with Crippen molar-refractivity contribution in [3.05, 3.63) is 22.5 Å². The van der Waals surface area contributed by atoms with Crippen LogP contribution in [0.2, 0.25) is 0 Å². The number of likely N-dealkylation sites (tertiary alicyclic amines) is 1. The highest BCUT2D eigenvalue weighted by Crippen LogP contribution is 2.36. The Morgan fingerprint density at radius 3 is 2.46 bits per heavy atom. The molecule has 1 saturated heterocycles. The number of fused-ring (bicyclic) bond motifs is 1. The number of nitrogens with one attached hydrogen (secondary N) is 1. The Morgan fingerprint density at radius 1 is 1.04 bits per heavy atom. The summed E-state index contributed by atoms with van der Waals surface area (Å²) < 4.78 is 10.3. The molecule has 28 heavy (non-hydrogen) atoms. The second kappa shape index (κ2) is 8.80. The number of esters is 2. The molecule has 1 saturated carbocycles. The lowest BCUT2D eigenvalue weighted by Gasteiger charge is -2.41. The van der Waals surface area contributed by atoms with E-state index in [9.17, 15) is 14.4 Å². The van der Waals surface area contributed by atoms with Crippen LogP contribution >= 0.6 is 0 Å². The lowest BCUT2D eigenvalue weighted by atomic mass is 9.75. The van der Waals surface area contributed by atoms with E-state index >= 15 is 0 Å². The first-order valence-electron chi connectivity index (χ1n) is 10.2. The number of aromatic nitrogens is 1. The van der Waals surface area contributed by atoms with Crippen LogP contribution in [-0.4, -0.2) is 54.0 Å². The SMILES string of the molecule is CCOC(=O)c1[nH]c(C)c(C(=O)OCC(=O)N2CCC3CCCCC3C2)c1C. The predicted octanol–water partition coefficient (Wildman–Crippen LogP) is 3.00. The fraction of sp³-hybridized carbons (Fsp3) is 0.667. The molecule has 1 aromatic rings. The Hall–Kier alpha value is -2.31. The van der Waals surface area contributed by atoms with E-state index in [0.29, 0.717) is 22.7 Å². The maximum absolute atomic E-state index is 12.5. The van der Waals surface area contributed by atoms with E-state index in [-0.39, 0.29) is 24.8 Å². The van der Waals surface area contributed by atoms with Gasteiger partial charge in [0.05, 0.1) is 12.2 Å². The van der Waals surface area contributed by atoms with Gasteiger partial charge >= 0.3 is 11.9 Å². The van der Waals surface area contributed by atoms with Crippen LogP contribution in [0.3, 0.4) is 0 Å². The van der Waals surface area contributed by atoms with Crippen LogP contribution < -0.4 is 0 Å². The molecular formula is C21H30N2O5. The van der Waals surface area contributed by atoms with Gasteiger partial charge in [-0.25, -0.2) is 9.59 Å². The molecule has 2 fully saturated rings. The van der Waals surface area contributed by atoms with E-state index in [1.807, 2.05) is 4.90 Å². The first-order valence-corrected chi connectivity index (χ1v) is 10.2. The highest BCUT2D eigenvalue weighted by atomic mass is 16.5. The Balaban J connectivity index is 1.58. The number of ether oxygens (including phenoxy) is 2. The number of carbonyl (C=O) groups is 3.